The largest absolute Gasteiger partial charge is 0.335 e. The van der Waals surface area contributed by atoms with Gasteiger partial charge < -0.3 is 0 Å². The van der Waals surface area contributed by atoms with Gasteiger partial charge in [-0.2, -0.15) is 0 Å². The highest BCUT2D eigenvalue weighted by atomic mass is 79.9. The van der Waals surface area contributed by atoms with Crippen molar-refractivity contribution in [3.8, 4) is 0 Å². The highest BCUT2D eigenvalue weighted by molar-refractivity contribution is 9.11. The Balaban J connectivity index is 2.02. The maximum absolute atomic E-state index is 12.7. The van der Waals surface area contributed by atoms with Crippen molar-refractivity contribution in [3.63, 3.8) is 0 Å². The normalized spacial score (nSPS) is 16.7. The van der Waals surface area contributed by atoms with E-state index in [1.165, 1.54) is 23.5 Å². The monoisotopic (exact) mass is 424 g/mol. The van der Waals surface area contributed by atoms with Gasteiger partial charge in [0.2, 0.25) is 0 Å². The van der Waals surface area contributed by atoms with Gasteiger partial charge in [-0.1, -0.05) is 17.7 Å². The third-order valence-electron chi connectivity index (χ3n) is 3.40. The standard InChI is InChI=1S/C16H10BrClN2O3S/c1-8-2-3-9(6-12(8)18)20-15(22)11(14(21)19-16(20)23)7-10-4-5-13(17)24-10/h2-7H,1H3,(H,19,21,23)/b11-7-. The molecule has 122 valence electrons. The van der Waals surface area contributed by atoms with Crippen LogP contribution in [0.4, 0.5) is 10.5 Å². The third kappa shape index (κ3) is 3.15. The summed E-state index contributed by atoms with van der Waals surface area (Å²) in [7, 11) is 0. The van der Waals surface area contributed by atoms with Crippen LogP contribution in [0.2, 0.25) is 5.02 Å². The summed E-state index contributed by atoms with van der Waals surface area (Å²) in [5.41, 5.74) is 1.01. The highest BCUT2D eigenvalue weighted by Crippen LogP contribution is 2.28. The predicted octanol–water partition coefficient (Wildman–Crippen LogP) is 4.14. The molecule has 0 bridgehead atoms. The van der Waals surface area contributed by atoms with Crippen molar-refractivity contribution in [2.24, 2.45) is 0 Å². The lowest BCUT2D eigenvalue weighted by atomic mass is 10.1. The summed E-state index contributed by atoms with van der Waals surface area (Å²) in [4.78, 5) is 38.5. The van der Waals surface area contributed by atoms with Crippen LogP contribution in [-0.4, -0.2) is 17.8 Å². The van der Waals surface area contributed by atoms with Gasteiger partial charge in [0.25, 0.3) is 11.8 Å². The van der Waals surface area contributed by atoms with Crippen molar-refractivity contribution in [2.75, 3.05) is 4.90 Å². The van der Waals surface area contributed by atoms with Crippen molar-refractivity contribution in [2.45, 2.75) is 6.92 Å². The van der Waals surface area contributed by atoms with Gasteiger partial charge in [0.05, 0.1) is 9.47 Å². The molecule has 1 N–H and O–H groups in total. The first-order valence-corrected chi connectivity index (χ1v) is 8.78. The molecule has 1 aliphatic heterocycles. The minimum atomic E-state index is -0.797. The number of amides is 4. The number of urea groups is 1. The Labute approximate surface area is 155 Å². The summed E-state index contributed by atoms with van der Waals surface area (Å²) >= 11 is 10.8. The van der Waals surface area contributed by atoms with Crippen molar-refractivity contribution < 1.29 is 14.4 Å². The highest BCUT2D eigenvalue weighted by Gasteiger charge is 2.37. The quantitative estimate of drug-likeness (QED) is 0.581. The molecule has 4 amide bonds. The second-order valence-electron chi connectivity index (χ2n) is 5.03. The molecule has 1 saturated heterocycles. The van der Waals surface area contributed by atoms with E-state index in [9.17, 15) is 14.4 Å². The van der Waals surface area contributed by atoms with Gasteiger partial charge in [-0.15, -0.1) is 11.3 Å². The number of hydrogen-bond acceptors (Lipinski definition) is 4. The molecule has 0 aliphatic carbocycles. The molecule has 1 aliphatic rings. The lowest BCUT2D eigenvalue weighted by molar-refractivity contribution is -0.122. The van der Waals surface area contributed by atoms with E-state index in [1.54, 1.807) is 18.2 Å². The van der Waals surface area contributed by atoms with E-state index >= 15 is 0 Å². The molecule has 3 rings (SSSR count). The third-order valence-corrected chi connectivity index (χ3v) is 5.37. The molecule has 1 aromatic carbocycles. The van der Waals surface area contributed by atoms with Crippen LogP contribution in [0.3, 0.4) is 0 Å². The van der Waals surface area contributed by atoms with E-state index in [2.05, 4.69) is 21.2 Å². The van der Waals surface area contributed by atoms with Crippen LogP contribution >= 0.6 is 38.9 Å². The van der Waals surface area contributed by atoms with Gasteiger partial charge >= 0.3 is 6.03 Å². The Bertz CT molecular complexity index is 906. The van der Waals surface area contributed by atoms with Crippen molar-refractivity contribution in [1.82, 2.24) is 5.32 Å². The number of aryl methyl sites for hydroxylation is 1. The molecule has 2 aromatic rings. The number of benzene rings is 1. The summed E-state index contributed by atoms with van der Waals surface area (Å²) in [5, 5.41) is 2.61. The number of nitrogens with zero attached hydrogens (tertiary/aromatic N) is 1. The van der Waals surface area contributed by atoms with Crippen LogP contribution < -0.4 is 10.2 Å². The molecule has 0 unspecified atom stereocenters. The zero-order valence-corrected chi connectivity index (χ0v) is 15.5. The fraction of sp³-hybridized carbons (Fsp3) is 0.0625. The van der Waals surface area contributed by atoms with E-state index in [4.69, 9.17) is 11.6 Å². The number of thiophene rings is 1. The number of carbonyl (C=O) groups is 3. The Morgan fingerprint density at radius 2 is 1.96 bits per heavy atom. The average molecular weight is 426 g/mol. The smallest absolute Gasteiger partial charge is 0.273 e. The molecule has 0 radical (unpaired) electrons. The summed E-state index contributed by atoms with van der Waals surface area (Å²) in [5.74, 6) is -1.41. The second kappa shape index (κ2) is 6.51. The van der Waals surface area contributed by atoms with Crippen LogP contribution in [0.5, 0.6) is 0 Å². The van der Waals surface area contributed by atoms with E-state index in [0.717, 1.165) is 19.1 Å². The van der Waals surface area contributed by atoms with Gasteiger partial charge in [-0.3, -0.25) is 14.9 Å². The molecular formula is C16H10BrClN2O3S. The van der Waals surface area contributed by atoms with Gasteiger partial charge in [-0.05, 0) is 58.8 Å². The van der Waals surface area contributed by atoms with Crippen LogP contribution in [0.1, 0.15) is 10.4 Å². The van der Waals surface area contributed by atoms with Crippen LogP contribution in [0, 0.1) is 6.92 Å². The SMILES string of the molecule is Cc1ccc(N2C(=O)NC(=O)/C(=C/c3ccc(Br)s3)C2=O)cc1Cl. The van der Waals surface area contributed by atoms with E-state index < -0.39 is 17.8 Å². The molecule has 1 aromatic heterocycles. The lowest BCUT2D eigenvalue weighted by Gasteiger charge is -2.26. The van der Waals surface area contributed by atoms with Gasteiger partial charge in [0.1, 0.15) is 5.57 Å². The minimum Gasteiger partial charge on any atom is -0.273 e. The first-order chi connectivity index (χ1) is 11.4. The van der Waals surface area contributed by atoms with E-state index in [1.807, 2.05) is 13.0 Å². The zero-order valence-electron chi connectivity index (χ0n) is 12.3. The molecule has 1 fully saturated rings. The number of barbiturate groups is 1. The van der Waals surface area contributed by atoms with Crippen molar-refractivity contribution in [1.29, 1.82) is 0 Å². The van der Waals surface area contributed by atoms with Gasteiger partial charge in [-0.25, -0.2) is 9.69 Å². The molecule has 0 atom stereocenters. The lowest BCUT2D eigenvalue weighted by Crippen LogP contribution is -2.54. The summed E-state index contributed by atoms with van der Waals surface area (Å²) < 4.78 is 0.872. The molecular weight excluding hydrogens is 416 g/mol. The predicted molar refractivity (Wildman–Crippen MR) is 97.2 cm³/mol. The van der Waals surface area contributed by atoms with Gasteiger partial charge in [0.15, 0.2) is 0 Å². The summed E-state index contributed by atoms with van der Waals surface area (Å²) in [6, 6.07) is 7.61. The van der Waals surface area contributed by atoms with Gasteiger partial charge in [0, 0.05) is 9.90 Å². The number of rotatable bonds is 2. The zero-order chi connectivity index (χ0) is 17.4. The number of imide groups is 2. The first kappa shape index (κ1) is 16.9. The topological polar surface area (TPSA) is 66.5 Å². The maximum atomic E-state index is 12.7. The Kier molecular flexibility index (Phi) is 4.58. The molecule has 2 heterocycles. The number of hydrogen-bond donors (Lipinski definition) is 1. The number of anilines is 1. The van der Waals surface area contributed by atoms with Crippen LogP contribution in [0.25, 0.3) is 6.08 Å². The van der Waals surface area contributed by atoms with E-state index in [-0.39, 0.29) is 5.57 Å². The molecule has 5 nitrogen and oxygen atoms in total. The number of nitrogens with one attached hydrogen (secondary N) is 1. The molecule has 0 saturated carbocycles. The van der Waals surface area contributed by atoms with Crippen LogP contribution in [0.15, 0.2) is 39.7 Å². The van der Waals surface area contributed by atoms with Crippen molar-refractivity contribution in [3.05, 3.63) is 55.2 Å². The maximum Gasteiger partial charge on any atom is 0.335 e. The Hall–Kier alpha value is -1.96. The summed E-state index contributed by atoms with van der Waals surface area (Å²) in [6.07, 6.45) is 1.46. The Morgan fingerprint density at radius 3 is 2.58 bits per heavy atom. The fourth-order valence-electron chi connectivity index (χ4n) is 2.16. The number of carbonyl (C=O) groups excluding carboxylic acids is 3. The second-order valence-corrected chi connectivity index (χ2v) is 7.94. The number of halogens is 2. The molecule has 0 spiro atoms. The van der Waals surface area contributed by atoms with Crippen molar-refractivity contribution >= 4 is 68.5 Å². The molecule has 8 heteroatoms. The van der Waals surface area contributed by atoms with Crippen LogP contribution in [-0.2, 0) is 9.59 Å². The Morgan fingerprint density at radius 1 is 1.21 bits per heavy atom. The average Bonchev–Trinajstić information content (AvgIpc) is 2.92. The fourth-order valence-corrected chi connectivity index (χ4v) is 3.70. The minimum absolute atomic E-state index is 0.111. The summed E-state index contributed by atoms with van der Waals surface area (Å²) in [6.45, 7) is 1.81. The molecule has 24 heavy (non-hydrogen) atoms. The first-order valence-electron chi connectivity index (χ1n) is 6.80. The van der Waals surface area contributed by atoms with E-state index in [0.29, 0.717) is 10.7 Å².